The minimum absolute atomic E-state index is 0.104. The largest absolute Gasteiger partial charge is 0.378 e. The molecule has 2 heteroatoms. The Morgan fingerprint density at radius 1 is 0.810 bits per heavy atom. The van der Waals surface area contributed by atoms with Crippen LogP contribution in [0.4, 0.5) is 5.69 Å². The number of nitrogens with zero attached hydrogens (tertiary/aromatic N) is 1. The molecule has 3 aromatic carbocycles. The van der Waals surface area contributed by atoms with Gasteiger partial charge in [0, 0.05) is 19.8 Å². The molecule has 0 radical (unpaired) electrons. The van der Waals surface area contributed by atoms with Gasteiger partial charge in [0.25, 0.3) is 0 Å². The third kappa shape index (κ3) is 2.63. The lowest BCUT2D eigenvalue weighted by atomic mass is 9.94. The summed E-state index contributed by atoms with van der Waals surface area (Å²) in [5.74, 6) is 0. The number of rotatable bonds is 3. The van der Waals surface area contributed by atoms with Crippen LogP contribution in [0.1, 0.15) is 17.2 Å². The van der Waals surface area contributed by atoms with Crippen molar-refractivity contribution in [1.29, 1.82) is 0 Å². The maximum Gasteiger partial charge on any atom is 0.0557 e. The smallest absolute Gasteiger partial charge is 0.0557 e. The zero-order valence-corrected chi connectivity index (χ0v) is 12.5. The van der Waals surface area contributed by atoms with Gasteiger partial charge >= 0.3 is 0 Å². The first-order valence-corrected chi connectivity index (χ1v) is 7.17. The van der Waals surface area contributed by atoms with Crippen molar-refractivity contribution in [2.24, 2.45) is 5.73 Å². The third-order valence-electron chi connectivity index (χ3n) is 3.93. The highest BCUT2D eigenvalue weighted by molar-refractivity contribution is 5.86. The van der Waals surface area contributed by atoms with E-state index in [0.717, 1.165) is 5.56 Å². The first kappa shape index (κ1) is 13.7. The van der Waals surface area contributed by atoms with Crippen molar-refractivity contribution >= 4 is 16.5 Å². The zero-order chi connectivity index (χ0) is 14.8. The van der Waals surface area contributed by atoms with E-state index >= 15 is 0 Å². The summed E-state index contributed by atoms with van der Waals surface area (Å²) < 4.78 is 0. The SMILES string of the molecule is CN(C)c1ccc(C(N)c2cccc3ccccc23)cc1. The molecule has 0 aliphatic rings. The van der Waals surface area contributed by atoms with Crippen LogP contribution in [0.2, 0.25) is 0 Å². The molecule has 1 unspecified atom stereocenters. The Labute approximate surface area is 125 Å². The molecule has 0 amide bonds. The van der Waals surface area contributed by atoms with Gasteiger partial charge in [0.15, 0.2) is 0 Å². The Kier molecular flexibility index (Phi) is 3.63. The maximum absolute atomic E-state index is 6.49. The molecule has 1 atom stereocenters. The monoisotopic (exact) mass is 276 g/mol. The van der Waals surface area contributed by atoms with Crippen LogP contribution in [0, 0.1) is 0 Å². The van der Waals surface area contributed by atoms with Gasteiger partial charge in [0.1, 0.15) is 0 Å². The van der Waals surface area contributed by atoms with Gasteiger partial charge in [-0.3, -0.25) is 0 Å². The fourth-order valence-corrected chi connectivity index (χ4v) is 2.68. The number of benzene rings is 3. The van der Waals surface area contributed by atoms with E-state index < -0.39 is 0 Å². The van der Waals surface area contributed by atoms with E-state index in [4.69, 9.17) is 5.73 Å². The standard InChI is InChI=1S/C19H20N2/c1-21(2)16-12-10-15(11-13-16)19(20)18-9-5-7-14-6-3-4-8-17(14)18/h3-13,19H,20H2,1-2H3. The number of fused-ring (bicyclic) bond motifs is 1. The van der Waals surface area contributed by atoms with Crippen molar-refractivity contribution in [1.82, 2.24) is 0 Å². The first-order valence-electron chi connectivity index (χ1n) is 7.17. The molecule has 3 aromatic rings. The van der Waals surface area contributed by atoms with Gasteiger partial charge in [-0.25, -0.2) is 0 Å². The second-order valence-electron chi connectivity index (χ2n) is 5.53. The average molecular weight is 276 g/mol. The minimum Gasteiger partial charge on any atom is -0.378 e. The molecule has 0 aliphatic heterocycles. The van der Waals surface area contributed by atoms with E-state index in [1.807, 2.05) is 14.1 Å². The number of nitrogens with two attached hydrogens (primary N) is 1. The van der Waals surface area contributed by atoms with Crippen molar-refractivity contribution in [3.05, 3.63) is 77.9 Å². The fraction of sp³-hybridized carbons (Fsp3) is 0.158. The summed E-state index contributed by atoms with van der Waals surface area (Å²) in [6, 6.07) is 23.0. The van der Waals surface area contributed by atoms with Gasteiger partial charge in [0.05, 0.1) is 6.04 Å². The lowest BCUT2D eigenvalue weighted by Gasteiger charge is -2.17. The molecule has 0 saturated heterocycles. The Morgan fingerprint density at radius 3 is 2.19 bits per heavy atom. The van der Waals surface area contributed by atoms with Crippen LogP contribution in [0.15, 0.2) is 66.7 Å². The van der Waals surface area contributed by atoms with E-state index in [0.29, 0.717) is 0 Å². The molecule has 0 bridgehead atoms. The lowest BCUT2D eigenvalue weighted by molar-refractivity contribution is 0.880. The molecule has 2 N–H and O–H groups in total. The third-order valence-corrected chi connectivity index (χ3v) is 3.93. The van der Waals surface area contributed by atoms with Crippen LogP contribution >= 0.6 is 0 Å². The second-order valence-corrected chi connectivity index (χ2v) is 5.53. The normalized spacial score (nSPS) is 12.3. The number of hydrogen-bond donors (Lipinski definition) is 1. The molecule has 0 spiro atoms. The van der Waals surface area contributed by atoms with Crippen LogP contribution < -0.4 is 10.6 Å². The molecule has 2 nitrogen and oxygen atoms in total. The van der Waals surface area contributed by atoms with E-state index in [2.05, 4.69) is 71.6 Å². The van der Waals surface area contributed by atoms with Crippen molar-refractivity contribution in [2.75, 3.05) is 19.0 Å². The van der Waals surface area contributed by atoms with Gasteiger partial charge in [-0.15, -0.1) is 0 Å². The molecule has 3 rings (SSSR count). The fourth-order valence-electron chi connectivity index (χ4n) is 2.68. The topological polar surface area (TPSA) is 29.3 Å². The Balaban J connectivity index is 2.02. The number of anilines is 1. The predicted octanol–water partition coefficient (Wildman–Crippen LogP) is 3.95. The number of hydrogen-bond acceptors (Lipinski definition) is 2. The summed E-state index contributed by atoms with van der Waals surface area (Å²) in [6.45, 7) is 0. The van der Waals surface area contributed by atoms with Crippen molar-refractivity contribution in [3.8, 4) is 0 Å². The highest BCUT2D eigenvalue weighted by atomic mass is 15.1. The Hall–Kier alpha value is -2.32. The van der Waals surface area contributed by atoms with Gasteiger partial charge < -0.3 is 10.6 Å². The molecular formula is C19H20N2. The van der Waals surface area contributed by atoms with E-state index in [-0.39, 0.29) is 6.04 Å². The predicted molar refractivity (Wildman–Crippen MR) is 90.7 cm³/mol. The average Bonchev–Trinajstić information content (AvgIpc) is 2.53. The van der Waals surface area contributed by atoms with Gasteiger partial charge in [-0.05, 0) is 34.0 Å². The van der Waals surface area contributed by atoms with E-state index in [1.165, 1.54) is 22.0 Å². The highest BCUT2D eigenvalue weighted by Crippen LogP contribution is 2.28. The minimum atomic E-state index is -0.104. The zero-order valence-electron chi connectivity index (χ0n) is 12.5. The molecule has 0 fully saturated rings. The van der Waals surface area contributed by atoms with E-state index in [9.17, 15) is 0 Å². The lowest BCUT2D eigenvalue weighted by Crippen LogP contribution is -2.13. The summed E-state index contributed by atoms with van der Waals surface area (Å²) in [7, 11) is 4.08. The van der Waals surface area contributed by atoms with Gasteiger partial charge in [-0.1, -0.05) is 54.6 Å². The van der Waals surface area contributed by atoms with Crippen LogP contribution in [0.25, 0.3) is 10.8 Å². The second kappa shape index (κ2) is 5.58. The van der Waals surface area contributed by atoms with Crippen molar-refractivity contribution in [2.45, 2.75) is 6.04 Å². The molecule has 21 heavy (non-hydrogen) atoms. The van der Waals surface area contributed by atoms with Crippen LogP contribution in [0.5, 0.6) is 0 Å². The quantitative estimate of drug-likeness (QED) is 0.784. The summed E-state index contributed by atoms with van der Waals surface area (Å²) in [5.41, 5.74) is 9.99. The maximum atomic E-state index is 6.49. The molecule has 0 heterocycles. The molecule has 0 aliphatic carbocycles. The van der Waals surface area contributed by atoms with E-state index in [1.54, 1.807) is 0 Å². The molecule has 0 saturated carbocycles. The molecular weight excluding hydrogens is 256 g/mol. The van der Waals surface area contributed by atoms with Crippen molar-refractivity contribution in [3.63, 3.8) is 0 Å². The van der Waals surface area contributed by atoms with Crippen LogP contribution in [-0.2, 0) is 0 Å². The van der Waals surface area contributed by atoms with Crippen LogP contribution in [0.3, 0.4) is 0 Å². The van der Waals surface area contributed by atoms with Gasteiger partial charge in [-0.2, -0.15) is 0 Å². The summed E-state index contributed by atoms with van der Waals surface area (Å²) >= 11 is 0. The Morgan fingerprint density at radius 2 is 1.48 bits per heavy atom. The first-order chi connectivity index (χ1) is 10.2. The van der Waals surface area contributed by atoms with Crippen molar-refractivity contribution < 1.29 is 0 Å². The summed E-state index contributed by atoms with van der Waals surface area (Å²) in [4.78, 5) is 2.09. The molecule has 106 valence electrons. The highest BCUT2D eigenvalue weighted by Gasteiger charge is 2.12. The summed E-state index contributed by atoms with van der Waals surface area (Å²) in [6.07, 6.45) is 0. The summed E-state index contributed by atoms with van der Waals surface area (Å²) in [5, 5.41) is 2.46. The molecule has 0 aromatic heterocycles. The van der Waals surface area contributed by atoms with Gasteiger partial charge in [0.2, 0.25) is 0 Å². The van der Waals surface area contributed by atoms with Crippen LogP contribution in [-0.4, -0.2) is 14.1 Å². The Bertz CT molecular complexity index is 740.